The molecule has 5 nitrogen and oxygen atoms in total. The molecule has 0 radical (unpaired) electrons. The molecule has 0 bridgehead atoms. The number of ketones is 1. The van der Waals surface area contributed by atoms with Crippen molar-refractivity contribution >= 4 is 16.1 Å². The maximum atomic E-state index is 13.2. The third-order valence-electron chi connectivity index (χ3n) is 3.93. The minimum atomic E-state index is -4.83. The average Bonchev–Trinajstić information content (AvgIpc) is 2.68. The molecule has 0 saturated heterocycles. The fourth-order valence-electron chi connectivity index (χ4n) is 2.71. The number of halogens is 2. The van der Waals surface area contributed by atoms with Gasteiger partial charge in [0.05, 0.1) is 26.3 Å². The van der Waals surface area contributed by atoms with E-state index in [2.05, 4.69) is 0 Å². The molecule has 0 heterocycles. The molecule has 8 heteroatoms. The Bertz CT molecular complexity index is 891. The molecule has 28 heavy (non-hydrogen) atoms. The highest BCUT2D eigenvalue weighted by Gasteiger charge is 2.46. The van der Waals surface area contributed by atoms with E-state index in [0.717, 1.165) is 12.1 Å². The van der Waals surface area contributed by atoms with E-state index in [4.69, 9.17) is 3.74 Å². The normalized spacial score (nSPS) is 12.6. The maximum Gasteiger partial charge on any atom is 0.174 e. The van der Waals surface area contributed by atoms with E-state index in [1.54, 1.807) is 60.7 Å². The Morgan fingerprint density at radius 2 is 1.29 bits per heavy atom. The van der Waals surface area contributed by atoms with Crippen LogP contribution in [0.25, 0.3) is 0 Å². The van der Waals surface area contributed by atoms with Gasteiger partial charge in [-0.2, -0.15) is 14.0 Å². The van der Waals surface area contributed by atoms with Crippen molar-refractivity contribution in [2.75, 3.05) is 5.75 Å². The Labute approximate surface area is 165 Å². The molecule has 0 aliphatic carbocycles. The summed E-state index contributed by atoms with van der Waals surface area (Å²) in [6.07, 6.45) is 0. The zero-order valence-electron chi connectivity index (χ0n) is 14.5. The van der Waals surface area contributed by atoms with Crippen LogP contribution in [0, 0.1) is 16.1 Å². The molecule has 0 unspecified atom stereocenters. The lowest BCUT2D eigenvalue weighted by Crippen LogP contribution is -2.61. The van der Waals surface area contributed by atoms with Crippen LogP contribution in [0.3, 0.4) is 0 Å². The number of hydrogen-bond donors (Lipinski definition) is 0. The lowest BCUT2D eigenvalue weighted by Gasteiger charge is -2.34. The number of benzene rings is 3. The summed E-state index contributed by atoms with van der Waals surface area (Å²) < 4.78 is 53.1. The Hall–Kier alpha value is -2.26. The van der Waals surface area contributed by atoms with E-state index in [9.17, 15) is 23.2 Å². The topological polar surface area (TPSA) is 95.5 Å². The summed E-state index contributed by atoms with van der Waals surface area (Å²) >= 11 is 0. The van der Waals surface area contributed by atoms with Crippen LogP contribution in [0.1, 0.15) is 10.4 Å². The van der Waals surface area contributed by atoms with E-state index in [-0.39, 0.29) is 11.3 Å². The molecule has 3 aromatic rings. The SMILES string of the molecule is O=C(CS(O[Cl+3]([O-])([O-])[O-])(c1ccccc1)c1ccccc1)c1ccc(F)cc1. The second kappa shape index (κ2) is 8.40. The molecule has 3 aromatic carbocycles. The molecule has 0 fully saturated rings. The van der Waals surface area contributed by atoms with Crippen molar-refractivity contribution in [2.24, 2.45) is 0 Å². The Morgan fingerprint density at radius 3 is 1.71 bits per heavy atom. The second-order valence-electron chi connectivity index (χ2n) is 5.82. The van der Waals surface area contributed by atoms with Crippen molar-refractivity contribution < 1.29 is 37.1 Å². The number of rotatable bonds is 7. The summed E-state index contributed by atoms with van der Waals surface area (Å²) in [7, 11) is -7.85. The van der Waals surface area contributed by atoms with Gasteiger partial charge in [0.25, 0.3) is 0 Å². The highest BCUT2D eigenvalue weighted by Crippen LogP contribution is 2.64. The summed E-state index contributed by atoms with van der Waals surface area (Å²) in [6, 6.07) is 21.5. The summed E-state index contributed by atoms with van der Waals surface area (Å²) in [5.41, 5.74) is 0.189. The standard InChI is InChI=1S/C20H16ClFO5S/c22-17-13-11-16(12-14-17)20(23)15-28(27-21(24,25)26,18-7-3-1-4-8-18)19-9-5-2-6-10-19/h1-14H,15H2. The first-order valence-corrected chi connectivity index (χ1v) is 11.1. The smallest absolute Gasteiger partial charge is 0.174 e. The first-order valence-electron chi connectivity index (χ1n) is 8.12. The van der Waals surface area contributed by atoms with E-state index in [1.165, 1.54) is 12.1 Å². The number of carbonyl (C=O) groups is 1. The summed E-state index contributed by atoms with van der Waals surface area (Å²) in [5.74, 6) is -1.36. The van der Waals surface area contributed by atoms with Crippen LogP contribution in [-0.4, -0.2) is 11.5 Å². The molecule has 0 atom stereocenters. The van der Waals surface area contributed by atoms with Crippen molar-refractivity contribution in [2.45, 2.75) is 9.79 Å². The highest BCUT2D eigenvalue weighted by atomic mass is 35.7. The molecule has 146 valence electrons. The van der Waals surface area contributed by atoms with Crippen LogP contribution in [-0.2, 0) is 3.74 Å². The van der Waals surface area contributed by atoms with E-state index < -0.39 is 32.2 Å². The van der Waals surface area contributed by atoms with Crippen molar-refractivity contribution in [1.29, 1.82) is 0 Å². The first kappa shape index (κ1) is 20.5. The quantitative estimate of drug-likeness (QED) is 0.540. The minimum Gasteiger partial charge on any atom is -0.293 e. The van der Waals surface area contributed by atoms with Crippen molar-refractivity contribution in [1.82, 2.24) is 0 Å². The van der Waals surface area contributed by atoms with Gasteiger partial charge in [0.2, 0.25) is 0 Å². The van der Waals surface area contributed by atoms with Crippen LogP contribution in [0.4, 0.5) is 4.39 Å². The monoisotopic (exact) mass is 422 g/mol. The number of hydrogen-bond acceptors (Lipinski definition) is 5. The predicted molar refractivity (Wildman–Crippen MR) is 93.7 cm³/mol. The maximum absolute atomic E-state index is 13.2. The zero-order chi connectivity index (χ0) is 20.2. The molecular formula is C20H16ClFO5S. The molecular weight excluding hydrogens is 407 g/mol. The van der Waals surface area contributed by atoms with Crippen LogP contribution >= 0.6 is 10.3 Å². The van der Waals surface area contributed by atoms with Gasteiger partial charge < -0.3 is 0 Å². The van der Waals surface area contributed by atoms with Crippen molar-refractivity contribution in [3.05, 3.63) is 96.3 Å². The largest absolute Gasteiger partial charge is 0.293 e. The van der Waals surface area contributed by atoms with Crippen LogP contribution in [0.15, 0.2) is 94.7 Å². The third-order valence-corrected chi connectivity index (χ3v) is 8.15. The van der Waals surface area contributed by atoms with Crippen molar-refractivity contribution in [3.8, 4) is 0 Å². The Kier molecular flexibility index (Phi) is 6.14. The van der Waals surface area contributed by atoms with Gasteiger partial charge in [-0.05, 0) is 48.5 Å². The second-order valence-corrected chi connectivity index (χ2v) is 9.66. The first-order chi connectivity index (χ1) is 13.3. The van der Waals surface area contributed by atoms with Gasteiger partial charge >= 0.3 is 0 Å². The van der Waals surface area contributed by atoms with E-state index in [1.807, 2.05) is 0 Å². The van der Waals surface area contributed by atoms with Crippen LogP contribution in [0.2, 0.25) is 0 Å². The molecule has 0 aliphatic heterocycles. The number of Topliss-reactive ketones (excluding diaryl/α,β-unsaturated/α-hetero) is 1. The Balaban J connectivity index is 2.14. The van der Waals surface area contributed by atoms with Gasteiger partial charge in [-0.15, -0.1) is 0 Å². The van der Waals surface area contributed by atoms with E-state index in [0.29, 0.717) is 9.79 Å². The van der Waals surface area contributed by atoms with Gasteiger partial charge in [0.1, 0.15) is 9.55 Å². The minimum absolute atomic E-state index is 0.189. The molecule has 0 aromatic heterocycles. The van der Waals surface area contributed by atoms with Crippen LogP contribution < -0.4 is 14.0 Å². The fraction of sp³-hybridized carbons (Fsp3) is 0.0500. The van der Waals surface area contributed by atoms with Gasteiger partial charge in [-0.3, -0.25) is 4.79 Å². The molecule has 0 N–H and O–H groups in total. The zero-order valence-corrected chi connectivity index (χ0v) is 16.1. The summed E-state index contributed by atoms with van der Waals surface area (Å²) in [6.45, 7) is 0. The van der Waals surface area contributed by atoms with Gasteiger partial charge in [-0.1, -0.05) is 36.4 Å². The average molecular weight is 423 g/mol. The summed E-state index contributed by atoms with van der Waals surface area (Å²) in [4.78, 5) is 13.7. The number of carbonyl (C=O) groups excluding carboxylic acids is 1. The molecule has 3 rings (SSSR count). The van der Waals surface area contributed by atoms with Gasteiger partial charge in [-0.25, -0.2) is 4.39 Å². The predicted octanol–water partition coefficient (Wildman–Crippen LogP) is 1.76. The lowest BCUT2D eigenvalue weighted by molar-refractivity contribution is -1.91. The molecule has 0 saturated carbocycles. The van der Waals surface area contributed by atoms with Crippen LogP contribution in [0.5, 0.6) is 0 Å². The van der Waals surface area contributed by atoms with E-state index >= 15 is 0 Å². The molecule has 0 spiro atoms. The fourth-order valence-corrected chi connectivity index (χ4v) is 6.86. The Morgan fingerprint density at radius 1 is 0.821 bits per heavy atom. The highest BCUT2D eigenvalue weighted by molar-refractivity contribution is 8.30. The molecule has 0 aliphatic rings. The summed E-state index contributed by atoms with van der Waals surface area (Å²) in [5, 5.41) is 0. The van der Waals surface area contributed by atoms with Crippen molar-refractivity contribution in [3.63, 3.8) is 0 Å². The third kappa shape index (κ3) is 4.77. The van der Waals surface area contributed by atoms with Gasteiger partial charge in [0.15, 0.2) is 5.78 Å². The van der Waals surface area contributed by atoms with Gasteiger partial charge in [0, 0.05) is 15.4 Å². The molecule has 0 amide bonds. The lowest BCUT2D eigenvalue weighted by atomic mass is 10.1.